The predicted molar refractivity (Wildman–Crippen MR) is 102 cm³/mol. The van der Waals surface area contributed by atoms with E-state index in [1.54, 1.807) is 6.07 Å². The number of alkyl halides is 3. The molecule has 0 radical (unpaired) electrons. The van der Waals surface area contributed by atoms with Gasteiger partial charge >= 0.3 is 12.1 Å². The SMILES string of the molecule is COc1cc2c(c(Br)c1OC)CCN(C(=O)C(F)(F)F)CC2c1ccccc1. The van der Waals surface area contributed by atoms with E-state index in [4.69, 9.17) is 9.47 Å². The minimum Gasteiger partial charge on any atom is -0.493 e. The van der Waals surface area contributed by atoms with Crippen molar-refractivity contribution in [1.82, 2.24) is 4.90 Å². The largest absolute Gasteiger partial charge is 0.493 e. The van der Waals surface area contributed by atoms with Crippen molar-refractivity contribution < 1.29 is 27.4 Å². The van der Waals surface area contributed by atoms with Gasteiger partial charge < -0.3 is 14.4 Å². The fourth-order valence-corrected chi connectivity index (χ4v) is 4.35. The van der Waals surface area contributed by atoms with Crippen LogP contribution in [0.2, 0.25) is 0 Å². The number of methoxy groups -OCH3 is 2. The Morgan fingerprint density at radius 2 is 1.86 bits per heavy atom. The van der Waals surface area contributed by atoms with Crippen molar-refractivity contribution in [2.75, 3.05) is 27.3 Å². The van der Waals surface area contributed by atoms with E-state index in [-0.39, 0.29) is 19.5 Å². The normalized spacial score (nSPS) is 16.9. The van der Waals surface area contributed by atoms with Crippen molar-refractivity contribution in [3.8, 4) is 11.5 Å². The Morgan fingerprint density at radius 1 is 1.18 bits per heavy atom. The molecule has 2 aromatic rings. The van der Waals surface area contributed by atoms with Gasteiger partial charge in [-0.2, -0.15) is 13.2 Å². The zero-order valence-electron chi connectivity index (χ0n) is 15.3. The van der Waals surface area contributed by atoms with Gasteiger partial charge in [0.2, 0.25) is 0 Å². The van der Waals surface area contributed by atoms with E-state index in [2.05, 4.69) is 15.9 Å². The zero-order chi connectivity index (χ0) is 20.5. The number of ether oxygens (including phenoxy) is 2. The molecule has 4 nitrogen and oxygen atoms in total. The Kier molecular flexibility index (Phi) is 5.88. The Hall–Kier alpha value is -2.22. The second-order valence-corrected chi connectivity index (χ2v) is 7.25. The summed E-state index contributed by atoms with van der Waals surface area (Å²) >= 11 is 3.52. The third kappa shape index (κ3) is 3.83. The van der Waals surface area contributed by atoms with Crippen LogP contribution in [0.15, 0.2) is 40.9 Å². The van der Waals surface area contributed by atoms with Crippen LogP contribution in [0, 0.1) is 0 Å². The molecule has 0 saturated heterocycles. The molecule has 28 heavy (non-hydrogen) atoms. The maximum Gasteiger partial charge on any atom is 0.471 e. The summed E-state index contributed by atoms with van der Waals surface area (Å²) in [7, 11) is 3.00. The summed E-state index contributed by atoms with van der Waals surface area (Å²) in [5, 5.41) is 0. The van der Waals surface area contributed by atoms with Crippen molar-refractivity contribution in [3.63, 3.8) is 0 Å². The molecule has 1 heterocycles. The molecule has 1 amide bonds. The Labute approximate surface area is 169 Å². The molecule has 0 N–H and O–H groups in total. The Morgan fingerprint density at radius 3 is 2.43 bits per heavy atom. The van der Waals surface area contributed by atoms with Gasteiger partial charge in [0.1, 0.15) is 0 Å². The van der Waals surface area contributed by atoms with E-state index < -0.39 is 18.0 Å². The molecule has 0 aromatic heterocycles. The molecule has 8 heteroatoms. The second kappa shape index (κ2) is 8.03. The first-order valence-electron chi connectivity index (χ1n) is 8.62. The first-order chi connectivity index (χ1) is 13.3. The van der Waals surface area contributed by atoms with Crippen LogP contribution in [0.25, 0.3) is 0 Å². The molecule has 0 saturated carbocycles. The van der Waals surface area contributed by atoms with Gasteiger partial charge in [-0.3, -0.25) is 4.79 Å². The van der Waals surface area contributed by atoms with Gasteiger partial charge in [0, 0.05) is 19.0 Å². The van der Waals surface area contributed by atoms with E-state index in [9.17, 15) is 18.0 Å². The van der Waals surface area contributed by atoms with Crippen LogP contribution >= 0.6 is 15.9 Å². The number of nitrogens with zero attached hydrogens (tertiary/aromatic N) is 1. The molecular formula is C20H19BrF3NO3. The minimum atomic E-state index is -4.91. The van der Waals surface area contributed by atoms with Crippen LogP contribution in [0.3, 0.4) is 0 Å². The van der Waals surface area contributed by atoms with Crippen LogP contribution in [0.1, 0.15) is 22.6 Å². The summed E-state index contributed by atoms with van der Waals surface area (Å²) in [6.45, 7) is -0.111. The van der Waals surface area contributed by atoms with E-state index in [1.807, 2.05) is 30.3 Å². The summed E-state index contributed by atoms with van der Waals surface area (Å²) in [6, 6.07) is 11.0. The van der Waals surface area contributed by atoms with Gasteiger partial charge in [0.15, 0.2) is 11.5 Å². The Bertz CT molecular complexity index is 871. The molecular weight excluding hydrogens is 439 g/mol. The van der Waals surface area contributed by atoms with Gasteiger partial charge in [0.05, 0.1) is 18.7 Å². The third-order valence-electron chi connectivity index (χ3n) is 4.89. The van der Waals surface area contributed by atoms with Crippen molar-refractivity contribution in [3.05, 3.63) is 57.6 Å². The molecule has 1 unspecified atom stereocenters. The smallest absolute Gasteiger partial charge is 0.471 e. The average Bonchev–Trinajstić information content (AvgIpc) is 2.87. The lowest BCUT2D eigenvalue weighted by atomic mass is 9.87. The summed E-state index contributed by atoms with van der Waals surface area (Å²) in [6.07, 6.45) is -4.65. The highest BCUT2D eigenvalue weighted by atomic mass is 79.9. The van der Waals surface area contributed by atoms with Crippen LogP contribution < -0.4 is 9.47 Å². The number of carbonyl (C=O) groups excluding carboxylic acids is 1. The number of amides is 1. The molecule has 0 bridgehead atoms. The van der Waals surface area contributed by atoms with E-state index in [0.29, 0.717) is 16.0 Å². The molecule has 1 aliphatic heterocycles. The minimum absolute atomic E-state index is 0.0389. The highest BCUT2D eigenvalue weighted by Gasteiger charge is 2.44. The van der Waals surface area contributed by atoms with Crippen LogP contribution in [-0.4, -0.2) is 44.3 Å². The van der Waals surface area contributed by atoms with Crippen LogP contribution in [-0.2, 0) is 11.2 Å². The molecule has 2 aromatic carbocycles. The van der Waals surface area contributed by atoms with Gasteiger partial charge in [-0.1, -0.05) is 30.3 Å². The van der Waals surface area contributed by atoms with Crippen molar-refractivity contribution in [2.45, 2.75) is 18.5 Å². The molecule has 1 aliphatic rings. The number of fused-ring (bicyclic) bond motifs is 1. The van der Waals surface area contributed by atoms with E-state index in [1.165, 1.54) is 14.2 Å². The molecule has 0 fully saturated rings. The molecule has 1 atom stereocenters. The lowest BCUT2D eigenvalue weighted by Gasteiger charge is -2.26. The highest BCUT2D eigenvalue weighted by Crippen LogP contribution is 2.45. The zero-order valence-corrected chi connectivity index (χ0v) is 16.9. The lowest BCUT2D eigenvalue weighted by Crippen LogP contribution is -2.43. The van der Waals surface area contributed by atoms with E-state index >= 15 is 0 Å². The van der Waals surface area contributed by atoms with Crippen molar-refractivity contribution >= 4 is 21.8 Å². The first-order valence-corrected chi connectivity index (χ1v) is 9.41. The van der Waals surface area contributed by atoms with Gasteiger partial charge in [0.25, 0.3) is 0 Å². The maximum absolute atomic E-state index is 13.1. The van der Waals surface area contributed by atoms with Gasteiger partial charge in [-0.05, 0) is 45.1 Å². The second-order valence-electron chi connectivity index (χ2n) is 6.46. The van der Waals surface area contributed by atoms with Crippen LogP contribution in [0.5, 0.6) is 11.5 Å². The highest BCUT2D eigenvalue weighted by molar-refractivity contribution is 9.10. The number of hydrogen-bond acceptors (Lipinski definition) is 3. The fraction of sp³-hybridized carbons (Fsp3) is 0.350. The molecule has 150 valence electrons. The summed E-state index contributed by atoms with van der Waals surface area (Å²) in [5.41, 5.74) is 2.45. The number of benzene rings is 2. The molecule has 0 spiro atoms. The van der Waals surface area contributed by atoms with Gasteiger partial charge in [-0.15, -0.1) is 0 Å². The van der Waals surface area contributed by atoms with Crippen LogP contribution in [0.4, 0.5) is 13.2 Å². The topological polar surface area (TPSA) is 38.8 Å². The summed E-state index contributed by atoms with van der Waals surface area (Å²) < 4.78 is 50.8. The third-order valence-corrected chi connectivity index (χ3v) is 5.73. The quantitative estimate of drug-likeness (QED) is 0.678. The maximum atomic E-state index is 13.1. The Balaban J connectivity index is 2.16. The summed E-state index contributed by atoms with van der Waals surface area (Å²) in [4.78, 5) is 12.8. The lowest BCUT2D eigenvalue weighted by molar-refractivity contribution is -0.185. The monoisotopic (exact) mass is 457 g/mol. The molecule has 0 aliphatic carbocycles. The number of hydrogen-bond donors (Lipinski definition) is 0. The standard InChI is InChI=1S/C20H19BrF3NO3/c1-27-16-10-14-13(17(21)18(16)28-2)8-9-25(19(26)20(22,23)24)11-15(14)12-6-4-3-5-7-12/h3-7,10,15H,8-9,11H2,1-2H3. The first kappa shape index (κ1) is 20.5. The number of rotatable bonds is 3. The predicted octanol–water partition coefficient (Wildman–Crippen LogP) is 4.55. The van der Waals surface area contributed by atoms with Crippen molar-refractivity contribution in [2.24, 2.45) is 0 Å². The fourth-order valence-electron chi connectivity index (χ4n) is 3.56. The van der Waals surface area contributed by atoms with Gasteiger partial charge in [-0.25, -0.2) is 0 Å². The summed E-state index contributed by atoms with van der Waals surface area (Å²) in [5.74, 6) is -1.30. The number of halogens is 4. The number of carbonyl (C=O) groups is 1. The van der Waals surface area contributed by atoms with E-state index in [0.717, 1.165) is 21.6 Å². The molecule has 3 rings (SSSR count). The average molecular weight is 458 g/mol. The van der Waals surface area contributed by atoms with Crippen molar-refractivity contribution in [1.29, 1.82) is 0 Å².